The minimum absolute atomic E-state index is 0.779. The Morgan fingerprint density at radius 3 is 1.76 bits per heavy atom. The van der Waals surface area contributed by atoms with Gasteiger partial charge in [-0.2, -0.15) is 5.10 Å². The molecule has 122 valence electrons. The highest BCUT2D eigenvalue weighted by atomic mass is 16.5. The number of hydrogen-bond donors (Lipinski definition) is 0. The normalized spacial score (nSPS) is 10.6. The van der Waals surface area contributed by atoms with Crippen molar-refractivity contribution < 1.29 is 4.74 Å². The predicted octanol–water partition coefficient (Wildman–Crippen LogP) is 5.21. The van der Waals surface area contributed by atoms with Crippen LogP contribution in [0.5, 0.6) is 5.75 Å². The van der Waals surface area contributed by atoms with Gasteiger partial charge in [0.2, 0.25) is 0 Å². The van der Waals surface area contributed by atoms with Gasteiger partial charge in [0, 0.05) is 11.1 Å². The van der Waals surface area contributed by atoms with Crippen LogP contribution in [-0.4, -0.2) is 16.9 Å². The van der Waals surface area contributed by atoms with Crippen molar-refractivity contribution in [2.75, 3.05) is 7.11 Å². The highest BCUT2D eigenvalue weighted by Crippen LogP contribution is 2.40. The molecule has 0 aliphatic heterocycles. The number of rotatable bonds is 4. The van der Waals surface area contributed by atoms with E-state index in [4.69, 9.17) is 9.84 Å². The Morgan fingerprint density at radius 2 is 1.20 bits per heavy atom. The van der Waals surface area contributed by atoms with Crippen molar-refractivity contribution in [3.63, 3.8) is 0 Å². The van der Waals surface area contributed by atoms with Crippen LogP contribution in [0.15, 0.2) is 91.0 Å². The number of methoxy groups -OCH3 is 1. The maximum absolute atomic E-state index is 5.80. The second kappa shape index (κ2) is 6.65. The van der Waals surface area contributed by atoms with E-state index in [9.17, 15) is 0 Å². The maximum atomic E-state index is 5.80. The third-order valence-electron chi connectivity index (χ3n) is 4.14. The molecule has 0 aliphatic rings. The Balaban J connectivity index is 2.02. The fourth-order valence-electron chi connectivity index (χ4n) is 2.99. The van der Waals surface area contributed by atoms with Gasteiger partial charge < -0.3 is 4.74 Å². The molecule has 0 unspecified atom stereocenters. The predicted molar refractivity (Wildman–Crippen MR) is 101 cm³/mol. The molecule has 0 saturated carbocycles. The Kier molecular flexibility index (Phi) is 4.05. The molecule has 0 spiro atoms. The quantitative estimate of drug-likeness (QED) is 0.514. The molecule has 1 aromatic heterocycles. The van der Waals surface area contributed by atoms with Crippen molar-refractivity contribution in [1.82, 2.24) is 9.78 Å². The highest BCUT2D eigenvalue weighted by molar-refractivity contribution is 5.79. The lowest BCUT2D eigenvalue weighted by atomic mass is 10.1. The summed E-state index contributed by atoms with van der Waals surface area (Å²) in [5, 5.41) is 4.89. The molecule has 3 aromatic carbocycles. The van der Waals surface area contributed by atoms with Gasteiger partial charge in [-0.3, -0.25) is 0 Å². The van der Waals surface area contributed by atoms with Crippen molar-refractivity contribution in [2.45, 2.75) is 0 Å². The van der Waals surface area contributed by atoms with Crippen LogP contribution >= 0.6 is 0 Å². The van der Waals surface area contributed by atoms with E-state index in [0.29, 0.717) is 0 Å². The van der Waals surface area contributed by atoms with Gasteiger partial charge in [0.05, 0.1) is 12.8 Å². The lowest BCUT2D eigenvalue weighted by molar-refractivity contribution is 0.418. The Labute approximate surface area is 147 Å². The van der Waals surface area contributed by atoms with Crippen LogP contribution in [0.25, 0.3) is 28.2 Å². The van der Waals surface area contributed by atoms with Crippen LogP contribution in [0.4, 0.5) is 0 Å². The summed E-state index contributed by atoms with van der Waals surface area (Å²) in [4.78, 5) is 0. The summed E-state index contributed by atoms with van der Waals surface area (Å²) < 4.78 is 7.76. The summed E-state index contributed by atoms with van der Waals surface area (Å²) in [5.74, 6) is 0.779. The zero-order chi connectivity index (χ0) is 17.1. The van der Waals surface area contributed by atoms with E-state index in [1.807, 2.05) is 71.4 Å². The highest BCUT2D eigenvalue weighted by Gasteiger charge is 2.22. The largest absolute Gasteiger partial charge is 0.492 e. The van der Waals surface area contributed by atoms with Gasteiger partial charge >= 0.3 is 0 Å². The number of hydrogen-bond acceptors (Lipinski definition) is 2. The van der Waals surface area contributed by atoms with E-state index in [0.717, 1.165) is 34.0 Å². The smallest absolute Gasteiger partial charge is 0.173 e. The molecule has 0 bridgehead atoms. The van der Waals surface area contributed by atoms with Crippen LogP contribution < -0.4 is 4.74 Å². The van der Waals surface area contributed by atoms with E-state index >= 15 is 0 Å². The molecule has 0 radical (unpaired) electrons. The molecule has 3 heteroatoms. The summed E-state index contributed by atoms with van der Waals surface area (Å²) >= 11 is 0. The maximum Gasteiger partial charge on any atom is 0.173 e. The lowest BCUT2D eigenvalue weighted by Crippen LogP contribution is -1.99. The molecule has 0 amide bonds. The summed E-state index contributed by atoms with van der Waals surface area (Å²) in [6.07, 6.45) is 0. The third kappa shape index (κ3) is 2.81. The van der Waals surface area contributed by atoms with E-state index in [2.05, 4.69) is 24.3 Å². The van der Waals surface area contributed by atoms with Gasteiger partial charge in [-0.05, 0) is 12.1 Å². The van der Waals surface area contributed by atoms with Gasteiger partial charge in [-0.25, -0.2) is 4.68 Å². The fourth-order valence-corrected chi connectivity index (χ4v) is 2.99. The standard InChI is InChI=1S/C22H18N2O/c1-25-22-20(17-11-5-2-6-12-17)23-24(19-15-9-4-10-16-19)21(22)18-13-7-3-8-14-18/h2-16H,1H3. The van der Waals surface area contributed by atoms with Gasteiger partial charge in [-0.1, -0.05) is 78.9 Å². The molecule has 0 saturated heterocycles. The Morgan fingerprint density at radius 1 is 0.680 bits per heavy atom. The van der Waals surface area contributed by atoms with E-state index < -0.39 is 0 Å². The third-order valence-corrected chi connectivity index (χ3v) is 4.14. The molecule has 0 atom stereocenters. The average Bonchev–Trinajstić information content (AvgIpc) is 3.09. The summed E-state index contributed by atoms with van der Waals surface area (Å²) in [6, 6.07) is 30.5. The number of aromatic nitrogens is 2. The number of para-hydroxylation sites is 1. The van der Waals surface area contributed by atoms with Gasteiger partial charge in [-0.15, -0.1) is 0 Å². The van der Waals surface area contributed by atoms with Crippen LogP contribution in [0.3, 0.4) is 0 Å². The summed E-state index contributed by atoms with van der Waals surface area (Å²) in [7, 11) is 1.70. The Bertz CT molecular complexity index is 961. The topological polar surface area (TPSA) is 27.1 Å². The van der Waals surface area contributed by atoms with Gasteiger partial charge in [0.25, 0.3) is 0 Å². The minimum Gasteiger partial charge on any atom is -0.492 e. The number of benzene rings is 3. The molecular weight excluding hydrogens is 308 g/mol. The van der Waals surface area contributed by atoms with Crippen molar-refractivity contribution in [3.8, 4) is 34.0 Å². The number of nitrogens with zero attached hydrogens (tertiary/aromatic N) is 2. The van der Waals surface area contributed by atoms with E-state index in [-0.39, 0.29) is 0 Å². The molecule has 1 heterocycles. The van der Waals surface area contributed by atoms with Crippen LogP contribution in [0.1, 0.15) is 0 Å². The van der Waals surface area contributed by atoms with E-state index in [1.165, 1.54) is 0 Å². The van der Waals surface area contributed by atoms with Crippen molar-refractivity contribution >= 4 is 0 Å². The minimum atomic E-state index is 0.779. The summed E-state index contributed by atoms with van der Waals surface area (Å²) in [5.41, 5.74) is 4.89. The first-order valence-corrected chi connectivity index (χ1v) is 8.22. The number of ether oxygens (including phenoxy) is 1. The molecule has 4 rings (SSSR count). The zero-order valence-electron chi connectivity index (χ0n) is 14.0. The molecule has 0 fully saturated rings. The SMILES string of the molecule is COc1c(-c2ccccc2)nn(-c2ccccc2)c1-c1ccccc1. The summed E-state index contributed by atoms with van der Waals surface area (Å²) in [6.45, 7) is 0. The van der Waals surface area contributed by atoms with Crippen molar-refractivity contribution in [1.29, 1.82) is 0 Å². The molecule has 4 aromatic rings. The first kappa shape index (κ1) is 15.2. The molecular formula is C22H18N2O. The average molecular weight is 326 g/mol. The monoisotopic (exact) mass is 326 g/mol. The second-order valence-electron chi connectivity index (χ2n) is 5.71. The van der Waals surface area contributed by atoms with Crippen LogP contribution in [0.2, 0.25) is 0 Å². The fraction of sp³-hybridized carbons (Fsp3) is 0.0455. The van der Waals surface area contributed by atoms with Crippen molar-refractivity contribution in [2.24, 2.45) is 0 Å². The first-order valence-electron chi connectivity index (χ1n) is 8.22. The van der Waals surface area contributed by atoms with Gasteiger partial charge in [0.15, 0.2) is 5.75 Å². The van der Waals surface area contributed by atoms with E-state index in [1.54, 1.807) is 7.11 Å². The van der Waals surface area contributed by atoms with Gasteiger partial charge in [0.1, 0.15) is 11.4 Å². The molecule has 25 heavy (non-hydrogen) atoms. The molecule has 0 aliphatic carbocycles. The van der Waals surface area contributed by atoms with Crippen LogP contribution in [-0.2, 0) is 0 Å². The Hall–Kier alpha value is -3.33. The van der Waals surface area contributed by atoms with Crippen molar-refractivity contribution in [3.05, 3.63) is 91.0 Å². The molecule has 3 nitrogen and oxygen atoms in total. The lowest BCUT2D eigenvalue weighted by Gasteiger charge is -2.09. The second-order valence-corrected chi connectivity index (χ2v) is 5.71. The zero-order valence-corrected chi connectivity index (χ0v) is 14.0. The van der Waals surface area contributed by atoms with Crippen LogP contribution in [0, 0.1) is 0 Å². The molecule has 0 N–H and O–H groups in total. The first-order chi connectivity index (χ1) is 12.4.